The van der Waals surface area contributed by atoms with Crippen LogP contribution >= 0.6 is 11.3 Å². The van der Waals surface area contributed by atoms with Crippen molar-refractivity contribution in [2.24, 2.45) is 5.73 Å². The van der Waals surface area contributed by atoms with Gasteiger partial charge in [0, 0.05) is 17.2 Å². The van der Waals surface area contributed by atoms with Gasteiger partial charge in [0.15, 0.2) is 5.92 Å². The number of thiazole rings is 1. The summed E-state index contributed by atoms with van der Waals surface area (Å²) in [5.74, 6) is -3.25. The second-order valence-electron chi connectivity index (χ2n) is 7.42. The van der Waals surface area contributed by atoms with Crippen LogP contribution in [0.15, 0.2) is 36.4 Å². The average Bonchev–Trinajstić information content (AvgIpc) is 3.49. The molecule has 1 unspecified atom stereocenters. The van der Waals surface area contributed by atoms with Gasteiger partial charge < -0.3 is 16.4 Å². The van der Waals surface area contributed by atoms with Crippen molar-refractivity contribution in [2.75, 3.05) is 6.54 Å². The molecular formula is C22H18FN5O3S. The van der Waals surface area contributed by atoms with E-state index in [1.165, 1.54) is 24.3 Å². The quantitative estimate of drug-likeness (QED) is 0.506. The lowest BCUT2D eigenvalue weighted by Gasteiger charge is -2.08. The Balaban J connectivity index is 1.55. The number of halogens is 1. The Morgan fingerprint density at radius 3 is 2.59 bits per heavy atom. The number of fused-ring (bicyclic) bond motifs is 1. The highest BCUT2D eigenvalue weighted by atomic mass is 32.1. The molecule has 4 rings (SSSR count). The first-order chi connectivity index (χ1) is 15.4. The van der Waals surface area contributed by atoms with E-state index in [9.17, 15) is 24.0 Å². The number of primary amides is 1. The predicted octanol–water partition coefficient (Wildman–Crippen LogP) is 2.20. The minimum atomic E-state index is -1.22. The van der Waals surface area contributed by atoms with Crippen LogP contribution in [0.2, 0.25) is 0 Å². The Bertz CT molecular complexity index is 1260. The van der Waals surface area contributed by atoms with E-state index in [0.717, 1.165) is 24.2 Å². The molecule has 1 saturated carbocycles. The summed E-state index contributed by atoms with van der Waals surface area (Å²) >= 11 is 1.04. The van der Waals surface area contributed by atoms with Gasteiger partial charge in [-0.25, -0.2) is 9.37 Å². The molecule has 3 aromatic rings. The van der Waals surface area contributed by atoms with Gasteiger partial charge in [0.2, 0.25) is 17.7 Å². The number of nitrogens with two attached hydrogens (primary N) is 1. The first kappa shape index (κ1) is 21.4. The molecule has 1 atom stereocenters. The lowest BCUT2D eigenvalue weighted by molar-refractivity contribution is -0.126. The van der Waals surface area contributed by atoms with Crippen LogP contribution in [-0.4, -0.2) is 35.3 Å². The maximum atomic E-state index is 14.7. The summed E-state index contributed by atoms with van der Waals surface area (Å²) in [6.45, 7) is -0.224. The summed E-state index contributed by atoms with van der Waals surface area (Å²) in [4.78, 5) is 39.8. The molecule has 3 amide bonds. The molecule has 8 nitrogen and oxygen atoms in total. The molecule has 2 aromatic carbocycles. The molecule has 0 spiro atoms. The fourth-order valence-corrected chi connectivity index (χ4v) is 4.15. The minimum absolute atomic E-state index is 0.173. The Morgan fingerprint density at radius 2 is 1.97 bits per heavy atom. The topological polar surface area (TPSA) is 138 Å². The highest BCUT2D eigenvalue weighted by Crippen LogP contribution is 2.33. The van der Waals surface area contributed by atoms with Crippen LogP contribution in [0.5, 0.6) is 0 Å². The third kappa shape index (κ3) is 4.58. The number of hydrogen-bond acceptors (Lipinski definition) is 6. The fraction of sp³-hybridized carbons (Fsp3) is 0.227. The highest BCUT2D eigenvalue weighted by Gasteiger charge is 2.27. The number of aromatic nitrogens is 1. The number of hydrogen-bond donors (Lipinski definition) is 3. The SMILES string of the molecule is N#CC(C(=O)NCC(=O)NC1CC1)c1nc2cc(-c3ccc(C(N)=O)cc3)c(F)cc2s1. The summed E-state index contributed by atoms with van der Waals surface area (Å²) in [6.07, 6.45) is 1.86. The molecular weight excluding hydrogens is 433 g/mol. The first-order valence-electron chi connectivity index (χ1n) is 9.82. The van der Waals surface area contributed by atoms with Crippen molar-refractivity contribution >= 4 is 39.3 Å². The number of nitrogens with zero attached hydrogens (tertiary/aromatic N) is 2. The molecule has 1 heterocycles. The number of carbonyl (C=O) groups is 3. The van der Waals surface area contributed by atoms with Crippen LogP contribution < -0.4 is 16.4 Å². The molecule has 4 N–H and O–H groups in total. The molecule has 162 valence electrons. The normalized spacial score (nSPS) is 13.9. The number of nitrogens with one attached hydrogen (secondary N) is 2. The number of carbonyl (C=O) groups excluding carboxylic acids is 3. The van der Waals surface area contributed by atoms with Gasteiger partial charge in [0.05, 0.1) is 22.8 Å². The lowest BCUT2D eigenvalue weighted by Crippen LogP contribution is -2.39. The van der Waals surface area contributed by atoms with Gasteiger partial charge in [-0.3, -0.25) is 14.4 Å². The molecule has 0 radical (unpaired) electrons. The first-order valence-corrected chi connectivity index (χ1v) is 10.6. The van der Waals surface area contributed by atoms with E-state index >= 15 is 0 Å². The van der Waals surface area contributed by atoms with Crippen LogP contribution in [0.1, 0.15) is 34.1 Å². The third-order valence-corrected chi connectivity index (χ3v) is 6.06. The van der Waals surface area contributed by atoms with E-state index in [1.54, 1.807) is 12.1 Å². The van der Waals surface area contributed by atoms with Gasteiger partial charge in [-0.15, -0.1) is 11.3 Å². The van der Waals surface area contributed by atoms with E-state index in [4.69, 9.17) is 5.73 Å². The number of rotatable bonds is 7. The number of amides is 3. The standard InChI is InChI=1S/C22H18FN5O3S/c23-16-8-18-17(7-14(16)11-1-3-12(4-2-11)20(25)30)28-22(32-18)15(9-24)21(31)26-10-19(29)27-13-5-6-13/h1-4,7-8,13,15H,5-6,10H2,(H2,25,30)(H,26,31)(H,27,29). The summed E-state index contributed by atoms with van der Waals surface area (Å²) in [5.41, 5.74) is 6.76. The Labute approximate surface area is 186 Å². The molecule has 1 aliphatic rings. The molecule has 0 saturated heterocycles. The molecule has 0 aliphatic heterocycles. The van der Waals surface area contributed by atoms with Gasteiger partial charge >= 0.3 is 0 Å². The second kappa shape index (κ2) is 8.72. The lowest BCUT2D eigenvalue weighted by atomic mass is 10.0. The Hall–Kier alpha value is -3.84. The third-order valence-electron chi connectivity index (χ3n) is 4.98. The zero-order valence-corrected chi connectivity index (χ0v) is 17.5. The van der Waals surface area contributed by atoms with Gasteiger partial charge in [0.1, 0.15) is 10.8 Å². The van der Waals surface area contributed by atoms with Crippen molar-refractivity contribution in [1.29, 1.82) is 5.26 Å². The fourth-order valence-electron chi connectivity index (χ4n) is 3.13. The van der Waals surface area contributed by atoms with Crippen molar-refractivity contribution in [3.63, 3.8) is 0 Å². The van der Waals surface area contributed by atoms with Crippen molar-refractivity contribution in [2.45, 2.75) is 24.8 Å². The Kier molecular flexibility index (Phi) is 5.83. The maximum absolute atomic E-state index is 14.7. The van der Waals surface area contributed by atoms with E-state index in [0.29, 0.717) is 21.3 Å². The van der Waals surface area contributed by atoms with Crippen molar-refractivity contribution < 1.29 is 18.8 Å². The summed E-state index contributed by atoms with van der Waals surface area (Å²) in [5, 5.41) is 14.9. The minimum Gasteiger partial charge on any atom is -0.366 e. The van der Waals surface area contributed by atoms with Gasteiger partial charge in [-0.2, -0.15) is 5.26 Å². The summed E-state index contributed by atoms with van der Waals surface area (Å²) < 4.78 is 15.2. The second-order valence-corrected chi connectivity index (χ2v) is 8.48. The predicted molar refractivity (Wildman–Crippen MR) is 116 cm³/mol. The molecule has 1 aliphatic carbocycles. The highest BCUT2D eigenvalue weighted by molar-refractivity contribution is 7.18. The van der Waals surface area contributed by atoms with Crippen LogP contribution in [0.4, 0.5) is 4.39 Å². The monoisotopic (exact) mass is 451 g/mol. The zero-order chi connectivity index (χ0) is 22.8. The van der Waals surface area contributed by atoms with E-state index in [2.05, 4.69) is 15.6 Å². The smallest absolute Gasteiger partial charge is 0.248 e. The van der Waals surface area contributed by atoms with Crippen LogP contribution in [-0.2, 0) is 9.59 Å². The van der Waals surface area contributed by atoms with Gasteiger partial charge in [0.25, 0.3) is 0 Å². The summed E-state index contributed by atoms with van der Waals surface area (Å²) in [7, 11) is 0. The van der Waals surface area contributed by atoms with E-state index < -0.39 is 23.5 Å². The molecule has 10 heteroatoms. The van der Waals surface area contributed by atoms with Gasteiger partial charge in [-0.1, -0.05) is 12.1 Å². The van der Waals surface area contributed by atoms with Crippen LogP contribution in [0, 0.1) is 17.1 Å². The molecule has 0 bridgehead atoms. The Morgan fingerprint density at radius 1 is 1.25 bits per heavy atom. The van der Waals surface area contributed by atoms with Crippen molar-refractivity contribution in [3.05, 3.63) is 52.8 Å². The molecule has 1 fully saturated rings. The number of benzene rings is 2. The number of nitriles is 1. The zero-order valence-electron chi connectivity index (χ0n) is 16.7. The van der Waals surface area contributed by atoms with Crippen molar-refractivity contribution in [1.82, 2.24) is 15.6 Å². The van der Waals surface area contributed by atoms with Gasteiger partial charge in [-0.05, 0) is 42.7 Å². The average molecular weight is 451 g/mol. The maximum Gasteiger partial charge on any atom is 0.248 e. The largest absolute Gasteiger partial charge is 0.366 e. The van der Waals surface area contributed by atoms with Crippen LogP contribution in [0.3, 0.4) is 0 Å². The molecule has 32 heavy (non-hydrogen) atoms. The van der Waals surface area contributed by atoms with E-state index in [-0.39, 0.29) is 29.1 Å². The van der Waals surface area contributed by atoms with Crippen molar-refractivity contribution in [3.8, 4) is 17.2 Å². The molecule has 1 aromatic heterocycles. The van der Waals surface area contributed by atoms with E-state index in [1.807, 2.05) is 6.07 Å². The summed E-state index contributed by atoms with van der Waals surface area (Å²) in [6, 6.07) is 11.1. The van der Waals surface area contributed by atoms with Crippen LogP contribution in [0.25, 0.3) is 21.3 Å².